The Hall–Kier alpha value is -2.31. The van der Waals surface area contributed by atoms with E-state index in [1.165, 1.54) is 19.9 Å². The largest absolute Gasteiger partial charge is 0.416 e. The number of alkyl halides is 3. The SMILES string of the molecule is CC1=C(C)C(=O)N(Nc2cc(C(F)(F)F)ccc2C)C1=O. The van der Waals surface area contributed by atoms with Gasteiger partial charge in [-0.3, -0.25) is 15.0 Å². The van der Waals surface area contributed by atoms with Crippen molar-refractivity contribution in [2.24, 2.45) is 0 Å². The van der Waals surface area contributed by atoms with Crippen LogP contribution >= 0.6 is 0 Å². The van der Waals surface area contributed by atoms with Crippen LogP contribution in [0.1, 0.15) is 25.0 Å². The van der Waals surface area contributed by atoms with Gasteiger partial charge in [0, 0.05) is 11.1 Å². The van der Waals surface area contributed by atoms with Crippen molar-refractivity contribution in [3.63, 3.8) is 0 Å². The Labute approximate surface area is 119 Å². The predicted molar refractivity (Wildman–Crippen MR) is 70.0 cm³/mol. The average Bonchev–Trinajstić information content (AvgIpc) is 2.57. The first-order chi connectivity index (χ1) is 9.62. The molecule has 1 aromatic rings. The highest BCUT2D eigenvalue weighted by molar-refractivity contribution is 6.19. The Morgan fingerprint density at radius 1 is 1.00 bits per heavy atom. The third-order valence-electron chi connectivity index (χ3n) is 3.41. The molecule has 1 aromatic carbocycles. The van der Waals surface area contributed by atoms with Crippen LogP contribution in [-0.2, 0) is 15.8 Å². The van der Waals surface area contributed by atoms with Crippen LogP contribution in [-0.4, -0.2) is 16.8 Å². The number of hydrogen-bond donors (Lipinski definition) is 1. The zero-order chi connectivity index (χ0) is 15.9. The summed E-state index contributed by atoms with van der Waals surface area (Å²) >= 11 is 0. The highest BCUT2D eigenvalue weighted by Crippen LogP contribution is 2.32. The summed E-state index contributed by atoms with van der Waals surface area (Å²) in [6.45, 7) is 4.58. The third-order valence-corrected chi connectivity index (χ3v) is 3.41. The zero-order valence-electron chi connectivity index (χ0n) is 11.6. The molecule has 2 rings (SSSR count). The highest BCUT2D eigenvalue weighted by Gasteiger charge is 2.35. The lowest BCUT2D eigenvalue weighted by Gasteiger charge is -2.20. The minimum Gasteiger partial charge on any atom is -0.288 e. The lowest BCUT2D eigenvalue weighted by Crippen LogP contribution is -2.37. The number of hydrogen-bond acceptors (Lipinski definition) is 3. The molecule has 7 heteroatoms. The third kappa shape index (κ3) is 2.63. The summed E-state index contributed by atoms with van der Waals surface area (Å²) in [6, 6.07) is 3.10. The van der Waals surface area contributed by atoms with Crippen molar-refractivity contribution in [2.75, 3.05) is 5.43 Å². The quantitative estimate of drug-likeness (QED) is 0.854. The van der Waals surface area contributed by atoms with Crippen molar-refractivity contribution < 1.29 is 22.8 Å². The van der Waals surface area contributed by atoms with E-state index in [4.69, 9.17) is 0 Å². The van der Waals surface area contributed by atoms with Gasteiger partial charge in [0.1, 0.15) is 0 Å². The van der Waals surface area contributed by atoms with E-state index < -0.39 is 23.6 Å². The van der Waals surface area contributed by atoms with Crippen LogP contribution in [0.2, 0.25) is 0 Å². The van der Waals surface area contributed by atoms with Crippen molar-refractivity contribution >= 4 is 17.5 Å². The molecule has 0 saturated carbocycles. The van der Waals surface area contributed by atoms with Gasteiger partial charge in [0.25, 0.3) is 11.8 Å². The summed E-state index contributed by atoms with van der Waals surface area (Å²) < 4.78 is 38.1. The first kappa shape index (κ1) is 15.1. The molecule has 0 unspecified atom stereocenters. The molecule has 0 aromatic heterocycles. The topological polar surface area (TPSA) is 49.4 Å². The number of nitrogens with one attached hydrogen (secondary N) is 1. The molecule has 0 spiro atoms. The smallest absolute Gasteiger partial charge is 0.288 e. The lowest BCUT2D eigenvalue weighted by atomic mass is 10.1. The Bertz CT molecular complexity index is 639. The molecule has 0 fully saturated rings. The molecule has 21 heavy (non-hydrogen) atoms. The second-order valence-electron chi connectivity index (χ2n) is 4.83. The molecule has 1 heterocycles. The van der Waals surface area contributed by atoms with Gasteiger partial charge in [-0.25, -0.2) is 0 Å². The number of hydrazine groups is 1. The summed E-state index contributed by atoms with van der Waals surface area (Å²) in [7, 11) is 0. The summed E-state index contributed by atoms with van der Waals surface area (Å²) in [5.74, 6) is -1.12. The minimum absolute atomic E-state index is 0.0639. The summed E-state index contributed by atoms with van der Waals surface area (Å²) in [4.78, 5) is 23.8. The first-order valence-corrected chi connectivity index (χ1v) is 6.13. The second kappa shape index (κ2) is 4.91. The standard InChI is InChI=1S/C14H13F3N2O2/c1-7-4-5-10(14(15,16)17)6-11(7)18-19-12(20)8(2)9(3)13(19)21/h4-6,18H,1-3H3. The average molecular weight is 298 g/mol. The van der Waals surface area contributed by atoms with Crippen LogP contribution in [0.5, 0.6) is 0 Å². The van der Waals surface area contributed by atoms with Gasteiger partial charge < -0.3 is 0 Å². The summed E-state index contributed by atoms with van der Waals surface area (Å²) in [5, 5.41) is 0.729. The normalized spacial score (nSPS) is 16.0. The number of carbonyl (C=O) groups is 2. The number of nitrogens with zero attached hydrogens (tertiary/aromatic N) is 1. The Balaban J connectivity index is 2.33. The molecule has 1 aliphatic heterocycles. The monoisotopic (exact) mass is 298 g/mol. The maximum absolute atomic E-state index is 12.7. The fourth-order valence-electron chi connectivity index (χ4n) is 1.89. The van der Waals surface area contributed by atoms with Crippen molar-refractivity contribution in [3.8, 4) is 0 Å². The molecule has 4 nitrogen and oxygen atoms in total. The zero-order valence-corrected chi connectivity index (χ0v) is 11.6. The van der Waals surface area contributed by atoms with E-state index in [1.807, 2.05) is 0 Å². The molecule has 0 saturated heterocycles. The lowest BCUT2D eigenvalue weighted by molar-refractivity contribution is -0.137. The second-order valence-corrected chi connectivity index (χ2v) is 4.83. The van der Waals surface area contributed by atoms with Crippen molar-refractivity contribution in [3.05, 3.63) is 40.5 Å². The maximum Gasteiger partial charge on any atom is 0.416 e. The fraction of sp³-hybridized carbons (Fsp3) is 0.286. The van der Waals surface area contributed by atoms with E-state index >= 15 is 0 Å². The molecular formula is C14H13F3N2O2. The van der Waals surface area contributed by atoms with Gasteiger partial charge in [0.05, 0.1) is 11.3 Å². The van der Waals surface area contributed by atoms with Gasteiger partial charge in [0.2, 0.25) is 0 Å². The van der Waals surface area contributed by atoms with Crippen molar-refractivity contribution in [2.45, 2.75) is 26.9 Å². The van der Waals surface area contributed by atoms with Gasteiger partial charge in [0.15, 0.2) is 0 Å². The number of imide groups is 1. The Kier molecular flexibility index (Phi) is 3.52. The summed E-state index contributed by atoms with van der Waals surface area (Å²) in [6.07, 6.45) is -4.49. The minimum atomic E-state index is -4.49. The molecule has 0 bridgehead atoms. The van der Waals surface area contributed by atoms with Crippen LogP contribution in [0.25, 0.3) is 0 Å². The number of benzene rings is 1. The van der Waals surface area contributed by atoms with Crippen LogP contribution < -0.4 is 5.43 Å². The molecule has 1 aliphatic rings. The van der Waals surface area contributed by atoms with Gasteiger partial charge >= 0.3 is 6.18 Å². The maximum atomic E-state index is 12.7. The number of aryl methyl sites for hydroxylation is 1. The Morgan fingerprint density at radius 3 is 2.00 bits per heavy atom. The molecule has 112 valence electrons. The Morgan fingerprint density at radius 2 is 1.52 bits per heavy atom. The van der Waals surface area contributed by atoms with Crippen molar-refractivity contribution in [1.82, 2.24) is 5.01 Å². The van der Waals surface area contributed by atoms with E-state index in [-0.39, 0.29) is 16.8 Å². The fourth-order valence-corrected chi connectivity index (χ4v) is 1.89. The molecular weight excluding hydrogens is 285 g/mol. The van der Waals surface area contributed by atoms with Crippen LogP contribution in [0.3, 0.4) is 0 Å². The van der Waals surface area contributed by atoms with E-state index in [2.05, 4.69) is 5.43 Å². The number of amides is 2. The van der Waals surface area contributed by atoms with Crippen LogP contribution in [0.15, 0.2) is 29.3 Å². The number of halogens is 3. The van der Waals surface area contributed by atoms with Crippen LogP contribution in [0.4, 0.5) is 18.9 Å². The van der Waals surface area contributed by atoms with Gasteiger partial charge in [-0.15, -0.1) is 0 Å². The highest BCUT2D eigenvalue weighted by atomic mass is 19.4. The summed E-state index contributed by atoms with van der Waals surface area (Å²) in [5.41, 5.74) is 2.73. The first-order valence-electron chi connectivity index (χ1n) is 6.13. The van der Waals surface area contributed by atoms with Crippen molar-refractivity contribution in [1.29, 1.82) is 0 Å². The molecule has 0 aliphatic carbocycles. The molecule has 1 N–H and O–H groups in total. The van der Waals surface area contributed by atoms with E-state index in [0.717, 1.165) is 17.1 Å². The number of rotatable bonds is 2. The molecule has 0 atom stereocenters. The van der Waals surface area contributed by atoms with Crippen LogP contribution in [0, 0.1) is 6.92 Å². The van der Waals surface area contributed by atoms with E-state index in [0.29, 0.717) is 5.56 Å². The van der Waals surface area contributed by atoms with Gasteiger partial charge in [-0.05, 0) is 38.5 Å². The number of carbonyl (C=O) groups excluding carboxylic acids is 2. The van der Waals surface area contributed by atoms with E-state index in [1.54, 1.807) is 6.92 Å². The number of anilines is 1. The predicted octanol–water partition coefficient (Wildman–Crippen LogP) is 3.05. The molecule has 2 amide bonds. The molecule has 0 radical (unpaired) electrons. The van der Waals surface area contributed by atoms with E-state index in [9.17, 15) is 22.8 Å². The van der Waals surface area contributed by atoms with Gasteiger partial charge in [-0.1, -0.05) is 6.07 Å². The van der Waals surface area contributed by atoms with Gasteiger partial charge in [-0.2, -0.15) is 18.2 Å².